The van der Waals surface area contributed by atoms with Crippen molar-refractivity contribution in [2.24, 2.45) is 5.73 Å². The van der Waals surface area contributed by atoms with Gasteiger partial charge in [-0.2, -0.15) is 0 Å². The molecule has 1 aromatic rings. The molecule has 1 atom stereocenters. The number of halogens is 2. The summed E-state index contributed by atoms with van der Waals surface area (Å²) in [5, 5.41) is 0. The molecule has 2 N–H and O–H groups in total. The first-order valence-electron chi connectivity index (χ1n) is 4.27. The second kappa shape index (κ2) is 6.73. The van der Waals surface area contributed by atoms with Crippen LogP contribution in [0.2, 0.25) is 0 Å². The van der Waals surface area contributed by atoms with Crippen molar-refractivity contribution in [2.45, 2.75) is 6.04 Å². The van der Waals surface area contributed by atoms with E-state index in [9.17, 15) is 4.79 Å². The molecule has 16 heavy (non-hydrogen) atoms. The van der Waals surface area contributed by atoms with Gasteiger partial charge in [-0.25, -0.2) is 0 Å². The van der Waals surface area contributed by atoms with Gasteiger partial charge in [-0.3, -0.25) is 4.79 Å². The summed E-state index contributed by atoms with van der Waals surface area (Å²) in [5.41, 5.74) is 6.31. The largest absolute Gasteiger partial charge is 0.496 e. The molecule has 6 heteroatoms. The van der Waals surface area contributed by atoms with Crippen LogP contribution in [0.4, 0.5) is 0 Å². The van der Waals surface area contributed by atoms with E-state index in [0.717, 1.165) is 4.47 Å². The highest BCUT2D eigenvalue weighted by molar-refractivity contribution is 9.10. The van der Waals surface area contributed by atoms with Crippen LogP contribution < -0.4 is 10.5 Å². The van der Waals surface area contributed by atoms with Gasteiger partial charge < -0.3 is 15.2 Å². The van der Waals surface area contributed by atoms with E-state index in [1.165, 1.54) is 14.2 Å². The Morgan fingerprint density at radius 3 is 2.56 bits per heavy atom. The minimum absolute atomic E-state index is 0. The summed E-state index contributed by atoms with van der Waals surface area (Å²) in [4.78, 5) is 11.3. The van der Waals surface area contributed by atoms with Gasteiger partial charge in [0.1, 0.15) is 11.8 Å². The lowest BCUT2D eigenvalue weighted by atomic mass is 10.1. The van der Waals surface area contributed by atoms with Gasteiger partial charge in [0.2, 0.25) is 0 Å². The fourth-order valence-electron chi connectivity index (χ4n) is 1.20. The van der Waals surface area contributed by atoms with Crippen molar-refractivity contribution in [1.29, 1.82) is 0 Å². The first-order chi connectivity index (χ1) is 7.10. The number of benzene rings is 1. The molecule has 1 rings (SSSR count). The van der Waals surface area contributed by atoms with Gasteiger partial charge >= 0.3 is 5.97 Å². The Morgan fingerprint density at radius 1 is 1.44 bits per heavy atom. The topological polar surface area (TPSA) is 61.5 Å². The molecule has 4 nitrogen and oxygen atoms in total. The van der Waals surface area contributed by atoms with Crippen molar-refractivity contribution in [3.8, 4) is 5.75 Å². The van der Waals surface area contributed by atoms with Crippen LogP contribution in [-0.2, 0) is 9.53 Å². The van der Waals surface area contributed by atoms with Crippen molar-refractivity contribution in [1.82, 2.24) is 0 Å². The van der Waals surface area contributed by atoms with E-state index in [0.29, 0.717) is 11.3 Å². The summed E-state index contributed by atoms with van der Waals surface area (Å²) < 4.78 is 10.6. The monoisotopic (exact) mass is 309 g/mol. The molecule has 0 aliphatic heterocycles. The third-order valence-corrected chi connectivity index (χ3v) is 2.48. The van der Waals surface area contributed by atoms with Gasteiger partial charge in [0.15, 0.2) is 0 Å². The standard InChI is InChI=1S/C10H12BrNO3.ClH/c1-14-8-5-6(11)3-4-7(8)9(12)10(13)15-2;/h3-5,9H,12H2,1-2H3;1H/t9-;/m0./s1. The van der Waals surface area contributed by atoms with Gasteiger partial charge in [0, 0.05) is 10.0 Å². The number of carbonyl (C=O) groups excluding carboxylic acids is 1. The SMILES string of the molecule is COC(=O)[C@@H](N)c1ccc(Br)cc1OC.Cl. The number of hydrogen-bond acceptors (Lipinski definition) is 4. The number of esters is 1. The first-order valence-corrected chi connectivity index (χ1v) is 5.06. The molecule has 0 saturated heterocycles. The van der Waals surface area contributed by atoms with Crippen LogP contribution >= 0.6 is 28.3 Å². The van der Waals surface area contributed by atoms with Gasteiger partial charge in [-0.1, -0.05) is 22.0 Å². The van der Waals surface area contributed by atoms with Crippen LogP contribution in [0.3, 0.4) is 0 Å². The lowest BCUT2D eigenvalue weighted by molar-refractivity contribution is -0.142. The van der Waals surface area contributed by atoms with Crippen LogP contribution in [0.5, 0.6) is 5.75 Å². The highest BCUT2D eigenvalue weighted by Crippen LogP contribution is 2.27. The molecule has 90 valence electrons. The minimum atomic E-state index is -0.821. The van der Waals surface area contributed by atoms with Gasteiger partial charge in [0.05, 0.1) is 14.2 Å². The number of ether oxygens (including phenoxy) is 2. The maximum absolute atomic E-state index is 11.3. The Hall–Kier alpha value is -0.780. The molecule has 0 bridgehead atoms. The minimum Gasteiger partial charge on any atom is -0.496 e. The summed E-state index contributed by atoms with van der Waals surface area (Å²) in [6.45, 7) is 0. The van der Waals surface area contributed by atoms with Crippen molar-refractivity contribution in [3.63, 3.8) is 0 Å². The zero-order valence-electron chi connectivity index (χ0n) is 8.90. The summed E-state index contributed by atoms with van der Waals surface area (Å²) >= 11 is 3.30. The Morgan fingerprint density at radius 2 is 2.06 bits per heavy atom. The Balaban J connectivity index is 0.00000225. The Labute approximate surface area is 109 Å². The third-order valence-electron chi connectivity index (χ3n) is 1.99. The maximum Gasteiger partial charge on any atom is 0.327 e. The number of nitrogens with two attached hydrogens (primary N) is 1. The molecule has 0 aliphatic rings. The number of methoxy groups -OCH3 is 2. The maximum atomic E-state index is 11.3. The quantitative estimate of drug-likeness (QED) is 0.868. The Kier molecular flexibility index (Phi) is 6.40. The summed E-state index contributed by atoms with van der Waals surface area (Å²) in [6.07, 6.45) is 0. The molecular formula is C10H13BrClNO3. The Bertz CT molecular complexity index is 373. The van der Waals surface area contributed by atoms with Crippen molar-refractivity contribution >= 4 is 34.3 Å². The lowest BCUT2D eigenvalue weighted by Crippen LogP contribution is -2.23. The van der Waals surface area contributed by atoms with Crippen LogP contribution in [0.15, 0.2) is 22.7 Å². The van der Waals surface area contributed by atoms with Crippen LogP contribution in [0.1, 0.15) is 11.6 Å². The number of hydrogen-bond donors (Lipinski definition) is 1. The second-order valence-corrected chi connectivity index (χ2v) is 3.80. The van der Waals surface area contributed by atoms with Crippen molar-refractivity contribution in [2.75, 3.05) is 14.2 Å². The highest BCUT2D eigenvalue weighted by Gasteiger charge is 2.20. The van der Waals surface area contributed by atoms with E-state index >= 15 is 0 Å². The highest BCUT2D eigenvalue weighted by atomic mass is 79.9. The molecular weight excluding hydrogens is 297 g/mol. The summed E-state index contributed by atoms with van der Waals surface area (Å²) in [7, 11) is 2.82. The zero-order valence-corrected chi connectivity index (χ0v) is 11.3. The molecule has 0 spiro atoms. The average Bonchev–Trinajstić information content (AvgIpc) is 2.26. The predicted octanol–water partition coefficient (Wildman–Crippen LogP) is 2.05. The van der Waals surface area contributed by atoms with Crippen LogP contribution in [-0.4, -0.2) is 20.2 Å². The van der Waals surface area contributed by atoms with Gasteiger partial charge in [0.25, 0.3) is 0 Å². The second-order valence-electron chi connectivity index (χ2n) is 2.89. The number of carbonyl (C=O) groups is 1. The fraction of sp³-hybridized carbons (Fsp3) is 0.300. The van der Waals surface area contributed by atoms with Crippen molar-refractivity contribution < 1.29 is 14.3 Å². The molecule has 1 aromatic carbocycles. The van der Waals surface area contributed by atoms with Gasteiger partial charge in [-0.15, -0.1) is 12.4 Å². The molecule has 0 unspecified atom stereocenters. The van der Waals surface area contributed by atoms with E-state index in [2.05, 4.69) is 20.7 Å². The molecule has 0 aliphatic carbocycles. The van der Waals surface area contributed by atoms with E-state index < -0.39 is 12.0 Å². The molecule has 0 aromatic heterocycles. The average molecular weight is 311 g/mol. The molecule has 0 saturated carbocycles. The summed E-state index contributed by atoms with van der Waals surface area (Å²) in [6, 6.07) is 4.45. The van der Waals surface area contributed by atoms with E-state index in [-0.39, 0.29) is 12.4 Å². The fourth-order valence-corrected chi connectivity index (χ4v) is 1.54. The third kappa shape index (κ3) is 3.37. The number of rotatable bonds is 3. The molecule has 0 heterocycles. The lowest BCUT2D eigenvalue weighted by Gasteiger charge is -2.13. The predicted molar refractivity (Wildman–Crippen MR) is 66.9 cm³/mol. The smallest absolute Gasteiger partial charge is 0.327 e. The molecule has 0 radical (unpaired) electrons. The zero-order chi connectivity index (χ0) is 11.4. The van der Waals surface area contributed by atoms with Gasteiger partial charge in [-0.05, 0) is 12.1 Å². The molecule has 0 fully saturated rings. The first kappa shape index (κ1) is 15.2. The summed E-state index contributed by atoms with van der Waals surface area (Å²) in [5.74, 6) is 0.0675. The van der Waals surface area contributed by atoms with E-state index in [1.807, 2.05) is 0 Å². The molecule has 0 amide bonds. The van der Waals surface area contributed by atoms with E-state index in [4.69, 9.17) is 10.5 Å². The van der Waals surface area contributed by atoms with E-state index in [1.54, 1.807) is 18.2 Å². The van der Waals surface area contributed by atoms with Crippen LogP contribution in [0.25, 0.3) is 0 Å². The normalized spacial score (nSPS) is 11.2. The van der Waals surface area contributed by atoms with Crippen LogP contribution in [0, 0.1) is 0 Å². The van der Waals surface area contributed by atoms with Crippen molar-refractivity contribution in [3.05, 3.63) is 28.2 Å².